The fourth-order valence-corrected chi connectivity index (χ4v) is 2.49. The molecule has 1 aromatic rings. The molecule has 0 bridgehead atoms. The fourth-order valence-electron chi connectivity index (χ4n) is 1.61. The van der Waals surface area contributed by atoms with Crippen molar-refractivity contribution in [2.45, 2.75) is 24.3 Å². The van der Waals surface area contributed by atoms with Crippen LogP contribution in [-0.4, -0.2) is 26.2 Å². The highest BCUT2D eigenvalue weighted by atomic mass is 32.2. The van der Waals surface area contributed by atoms with Crippen molar-refractivity contribution in [1.29, 1.82) is 0 Å². The van der Waals surface area contributed by atoms with Crippen molar-refractivity contribution in [3.05, 3.63) is 29.8 Å². The number of ether oxygens (including phenoxy) is 1. The second kappa shape index (κ2) is 6.38. The van der Waals surface area contributed by atoms with Crippen molar-refractivity contribution in [2.75, 3.05) is 5.75 Å². The van der Waals surface area contributed by atoms with Crippen LogP contribution in [0.5, 0.6) is 0 Å². The molecule has 1 rings (SSSR count). The molecule has 0 heterocycles. The maximum atomic E-state index is 11.7. The summed E-state index contributed by atoms with van der Waals surface area (Å²) in [7, 11) is -3.31. The van der Waals surface area contributed by atoms with Gasteiger partial charge in [0.15, 0.2) is 9.84 Å². The van der Waals surface area contributed by atoms with Crippen molar-refractivity contribution in [1.82, 2.24) is 0 Å². The summed E-state index contributed by atoms with van der Waals surface area (Å²) in [4.78, 5) is 21.9. The van der Waals surface area contributed by atoms with E-state index in [-0.39, 0.29) is 17.1 Å². The third-order valence-electron chi connectivity index (χ3n) is 2.64. The number of hydrogen-bond donors (Lipinski definition) is 2. The maximum absolute atomic E-state index is 11.7. The molecule has 2 amide bonds. The first-order valence-electron chi connectivity index (χ1n) is 5.83. The van der Waals surface area contributed by atoms with E-state index >= 15 is 0 Å². The molecular formula is C12H16N2O5S. The molecule has 7 nitrogen and oxygen atoms in total. The van der Waals surface area contributed by atoms with E-state index in [2.05, 4.69) is 0 Å². The van der Waals surface area contributed by atoms with Gasteiger partial charge in [-0.1, -0.05) is 19.1 Å². The largest absolute Gasteiger partial charge is 0.441 e. The van der Waals surface area contributed by atoms with Gasteiger partial charge in [-0.3, -0.25) is 4.79 Å². The van der Waals surface area contributed by atoms with Crippen LogP contribution < -0.4 is 11.5 Å². The lowest BCUT2D eigenvalue weighted by Crippen LogP contribution is -2.22. The van der Waals surface area contributed by atoms with Gasteiger partial charge in [-0.05, 0) is 17.7 Å². The van der Waals surface area contributed by atoms with Gasteiger partial charge in [0.2, 0.25) is 5.91 Å². The SMILES string of the molecule is CCS(=O)(=O)c1ccc([C@H](CC(N)=O)OC(N)=O)cc1. The molecule has 0 aliphatic carbocycles. The highest BCUT2D eigenvalue weighted by Crippen LogP contribution is 2.23. The number of carbonyl (C=O) groups excluding carboxylic acids is 2. The van der Waals surface area contributed by atoms with E-state index in [1.54, 1.807) is 0 Å². The van der Waals surface area contributed by atoms with Crippen LogP contribution in [0.1, 0.15) is 25.0 Å². The summed E-state index contributed by atoms with van der Waals surface area (Å²) in [5, 5.41) is 0. The van der Waals surface area contributed by atoms with Crippen molar-refractivity contribution in [2.24, 2.45) is 11.5 Å². The summed E-state index contributed by atoms with van der Waals surface area (Å²) in [5.74, 6) is -0.684. The first kappa shape index (κ1) is 16.0. The highest BCUT2D eigenvalue weighted by molar-refractivity contribution is 7.91. The molecule has 0 saturated carbocycles. The van der Waals surface area contributed by atoms with Gasteiger partial charge >= 0.3 is 6.09 Å². The molecule has 0 aromatic heterocycles. The Labute approximate surface area is 116 Å². The Kier molecular flexibility index (Phi) is 5.09. The minimum atomic E-state index is -3.31. The molecule has 20 heavy (non-hydrogen) atoms. The summed E-state index contributed by atoms with van der Waals surface area (Å²) in [6.45, 7) is 1.54. The molecule has 1 aromatic carbocycles. The third kappa shape index (κ3) is 4.23. The van der Waals surface area contributed by atoms with E-state index in [0.29, 0.717) is 5.56 Å². The molecule has 0 fully saturated rings. The smallest absolute Gasteiger partial charge is 0.405 e. The fraction of sp³-hybridized carbons (Fsp3) is 0.333. The quantitative estimate of drug-likeness (QED) is 0.789. The molecule has 8 heteroatoms. The van der Waals surface area contributed by atoms with Crippen LogP contribution in [0, 0.1) is 0 Å². The predicted octanol–water partition coefficient (Wildman–Crippen LogP) is 0.492. The lowest BCUT2D eigenvalue weighted by Gasteiger charge is -2.15. The number of nitrogens with two attached hydrogens (primary N) is 2. The summed E-state index contributed by atoms with van der Waals surface area (Å²) < 4.78 is 28.1. The Morgan fingerprint density at radius 1 is 1.20 bits per heavy atom. The van der Waals surface area contributed by atoms with E-state index in [4.69, 9.17) is 16.2 Å². The zero-order valence-corrected chi connectivity index (χ0v) is 11.7. The Bertz CT molecular complexity index is 579. The molecule has 4 N–H and O–H groups in total. The topological polar surface area (TPSA) is 130 Å². The average molecular weight is 300 g/mol. The molecule has 0 aliphatic rings. The Morgan fingerprint density at radius 2 is 1.75 bits per heavy atom. The van der Waals surface area contributed by atoms with Crippen LogP contribution in [0.15, 0.2) is 29.2 Å². The first-order valence-corrected chi connectivity index (χ1v) is 7.48. The van der Waals surface area contributed by atoms with Gasteiger partial charge in [0.05, 0.1) is 17.1 Å². The van der Waals surface area contributed by atoms with Crippen molar-refractivity contribution in [3.8, 4) is 0 Å². The monoisotopic (exact) mass is 300 g/mol. The van der Waals surface area contributed by atoms with E-state index < -0.39 is 27.9 Å². The van der Waals surface area contributed by atoms with E-state index in [9.17, 15) is 18.0 Å². The predicted molar refractivity (Wildman–Crippen MR) is 71.4 cm³/mol. The molecule has 1 atom stereocenters. The zero-order chi connectivity index (χ0) is 15.3. The maximum Gasteiger partial charge on any atom is 0.405 e. The summed E-state index contributed by atoms with van der Waals surface area (Å²) in [6, 6.07) is 5.68. The number of carbonyl (C=O) groups is 2. The van der Waals surface area contributed by atoms with E-state index in [0.717, 1.165) is 0 Å². The Balaban J connectivity index is 3.04. The zero-order valence-electron chi connectivity index (χ0n) is 10.9. The van der Waals surface area contributed by atoms with Crippen LogP contribution in [-0.2, 0) is 19.4 Å². The number of benzene rings is 1. The van der Waals surface area contributed by atoms with Crippen LogP contribution in [0.2, 0.25) is 0 Å². The minimum absolute atomic E-state index is 0.0190. The molecule has 0 spiro atoms. The highest BCUT2D eigenvalue weighted by Gasteiger charge is 2.19. The Morgan fingerprint density at radius 3 is 2.15 bits per heavy atom. The molecule has 0 saturated heterocycles. The molecule has 0 aliphatic heterocycles. The van der Waals surface area contributed by atoms with Gasteiger partial charge < -0.3 is 16.2 Å². The molecule has 0 unspecified atom stereocenters. The summed E-state index contributed by atoms with van der Waals surface area (Å²) in [5.41, 5.74) is 10.4. The van der Waals surface area contributed by atoms with Gasteiger partial charge in [0.25, 0.3) is 0 Å². The Hall–Kier alpha value is -2.09. The second-order valence-corrected chi connectivity index (χ2v) is 6.35. The van der Waals surface area contributed by atoms with E-state index in [1.807, 2.05) is 0 Å². The number of amides is 2. The van der Waals surface area contributed by atoms with Gasteiger partial charge in [0.1, 0.15) is 6.10 Å². The lowest BCUT2D eigenvalue weighted by molar-refractivity contribution is -0.119. The average Bonchev–Trinajstić information content (AvgIpc) is 2.37. The molecular weight excluding hydrogens is 284 g/mol. The number of hydrogen-bond acceptors (Lipinski definition) is 5. The lowest BCUT2D eigenvalue weighted by atomic mass is 10.1. The number of rotatable bonds is 6. The third-order valence-corrected chi connectivity index (χ3v) is 4.39. The normalized spacial score (nSPS) is 12.7. The van der Waals surface area contributed by atoms with Crippen molar-refractivity contribution in [3.63, 3.8) is 0 Å². The van der Waals surface area contributed by atoms with Gasteiger partial charge in [0, 0.05) is 0 Å². The van der Waals surface area contributed by atoms with Gasteiger partial charge in [-0.2, -0.15) is 0 Å². The summed E-state index contributed by atoms with van der Waals surface area (Å²) >= 11 is 0. The first-order chi connectivity index (χ1) is 9.26. The number of primary amides is 2. The number of sulfone groups is 1. The van der Waals surface area contributed by atoms with Gasteiger partial charge in [-0.25, -0.2) is 13.2 Å². The molecule has 110 valence electrons. The van der Waals surface area contributed by atoms with E-state index in [1.165, 1.54) is 31.2 Å². The standard InChI is InChI=1S/C12H16N2O5S/c1-2-20(17,18)9-5-3-8(4-6-9)10(7-11(13)15)19-12(14)16/h3-6,10H,2,7H2,1H3,(H2,13,15)(H2,14,16)/t10-/m0/s1. The van der Waals surface area contributed by atoms with Crippen LogP contribution >= 0.6 is 0 Å². The van der Waals surface area contributed by atoms with Crippen LogP contribution in [0.4, 0.5) is 4.79 Å². The summed E-state index contributed by atoms with van der Waals surface area (Å²) in [6.07, 6.45) is -2.20. The van der Waals surface area contributed by atoms with Crippen molar-refractivity contribution < 1.29 is 22.7 Å². The minimum Gasteiger partial charge on any atom is -0.441 e. The van der Waals surface area contributed by atoms with Crippen LogP contribution in [0.25, 0.3) is 0 Å². The van der Waals surface area contributed by atoms with Crippen LogP contribution in [0.3, 0.4) is 0 Å². The van der Waals surface area contributed by atoms with Crippen molar-refractivity contribution >= 4 is 21.8 Å². The second-order valence-electron chi connectivity index (χ2n) is 4.07. The molecule has 0 radical (unpaired) electrons. The van der Waals surface area contributed by atoms with Gasteiger partial charge in [-0.15, -0.1) is 0 Å².